The minimum Gasteiger partial charge on any atom is -0.364 e. The van der Waals surface area contributed by atoms with Gasteiger partial charge in [-0.1, -0.05) is 48.4 Å². The van der Waals surface area contributed by atoms with Crippen LogP contribution in [0.4, 0.5) is 11.4 Å². The van der Waals surface area contributed by atoms with Crippen molar-refractivity contribution in [3.8, 4) is 0 Å². The second-order valence-electron chi connectivity index (χ2n) is 7.38. The summed E-state index contributed by atoms with van der Waals surface area (Å²) in [5, 5.41) is 0.790. The Morgan fingerprint density at radius 3 is 2.33 bits per heavy atom. The van der Waals surface area contributed by atoms with Gasteiger partial charge in [0.1, 0.15) is 0 Å². The molecule has 2 aromatic rings. The van der Waals surface area contributed by atoms with Crippen molar-refractivity contribution in [3.63, 3.8) is 0 Å². The highest BCUT2D eigenvalue weighted by atomic mass is 35.5. The smallest absolute Gasteiger partial charge is 0.241 e. The summed E-state index contributed by atoms with van der Waals surface area (Å²) in [4.78, 5) is 19.6. The zero-order valence-corrected chi connectivity index (χ0v) is 16.4. The first-order chi connectivity index (χ1) is 13.2. The summed E-state index contributed by atoms with van der Waals surface area (Å²) in [6.45, 7) is 4.89. The summed E-state index contributed by atoms with van der Waals surface area (Å²) >= 11 is 6.36. The Morgan fingerprint density at radius 2 is 1.56 bits per heavy atom. The van der Waals surface area contributed by atoms with E-state index < -0.39 is 0 Å². The summed E-state index contributed by atoms with van der Waals surface area (Å²) in [5.41, 5.74) is 3.23. The van der Waals surface area contributed by atoms with Gasteiger partial charge in [-0.25, -0.2) is 0 Å². The highest BCUT2D eigenvalue weighted by Gasteiger charge is 2.28. The van der Waals surface area contributed by atoms with Crippen LogP contribution in [0.3, 0.4) is 0 Å². The lowest BCUT2D eigenvalue weighted by atomic mass is 10.1. The fourth-order valence-corrected chi connectivity index (χ4v) is 4.27. The monoisotopic (exact) mass is 383 g/mol. The number of para-hydroxylation sites is 2. The van der Waals surface area contributed by atoms with E-state index in [0.29, 0.717) is 13.1 Å². The molecule has 0 saturated carbocycles. The molecule has 4 nitrogen and oxygen atoms in total. The second kappa shape index (κ2) is 8.32. The van der Waals surface area contributed by atoms with Crippen LogP contribution in [0.15, 0.2) is 48.5 Å². The van der Waals surface area contributed by atoms with Gasteiger partial charge in [-0.15, -0.1) is 0 Å². The van der Waals surface area contributed by atoms with E-state index in [1.54, 1.807) is 0 Å². The molecule has 1 fully saturated rings. The number of hydrogen-bond acceptors (Lipinski definition) is 3. The maximum absolute atomic E-state index is 13.0. The zero-order chi connectivity index (χ0) is 18.6. The van der Waals surface area contributed by atoms with Crippen molar-refractivity contribution in [1.29, 1.82) is 0 Å². The largest absolute Gasteiger partial charge is 0.364 e. The molecule has 2 aliphatic rings. The molecule has 0 aromatic heterocycles. The number of benzene rings is 2. The minimum atomic E-state index is 0.210. The lowest BCUT2D eigenvalue weighted by molar-refractivity contribution is -0.120. The molecule has 5 heteroatoms. The van der Waals surface area contributed by atoms with Gasteiger partial charge in [0.25, 0.3) is 0 Å². The van der Waals surface area contributed by atoms with Crippen LogP contribution >= 0.6 is 11.6 Å². The Kier molecular flexibility index (Phi) is 5.65. The molecular formula is C22H26ClN3O. The average Bonchev–Trinajstić information content (AvgIpc) is 2.70. The molecule has 2 heterocycles. The Bertz CT molecular complexity index is 804. The standard InChI is InChI=1S/C22H26ClN3O/c23-19-9-3-2-8-18(19)16-25-14-15-26(21-11-5-4-10-20(21)25)22(27)17-24-12-6-1-7-13-24/h2-5,8-11H,1,6-7,12-17H2. The molecule has 1 saturated heterocycles. The van der Waals surface area contributed by atoms with E-state index in [4.69, 9.17) is 11.6 Å². The Labute approximate surface area is 166 Å². The highest BCUT2D eigenvalue weighted by molar-refractivity contribution is 6.31. The van der Waals surface area contributed by atoms with Crippen molar-refractivity contribution >= 4 is 28.9 Å². The molecule has 2 aliphatic heterocycles. The quantitative estimate of drug-likeness (QED) is 0.792. The number of fused-ring (bicyclic) bond motifs is 1. The van der Waals surface area contributed by atoms with Gasteiger partial charge in [-0.05, 0) is 49.7 Å². The van der Waals surface area contributed by atoms with Crippen molar-refractivity contribution in [2.45, 2.75) is 25.8 Å². The molecule has 0 aliphatic carbocycles. The lowest BCUT2D eigenvalue weighted by Crippen LogP contribution is -2.48. The van der Waals surface area contributed by atoms with Crippen molar-refractivity contribution in [2.75, 3.05) is 42.5 Å². The fourth-order valence-electron chi connectivity index (χ4n) is 4.07. The molecule has 142 valence electrons. The summed E-state index contributed by atoms with van der Waals surface area (Å²) in [6, 6.07) is 16.2. The van der Waals surface area contributed by atoms with Crippen LogP contribution in [-0.2, 0) is 11.3 Å². The molecule has 0 spiro atoms. The number of nitrogens with zero attached hydrogens (tertiary/aromatic N) is 3. The molecule has 0 bridgehead atoms. The van der Waals surface area contributed by atoms with Gasteiger partial charge in [0.15, 0.2) is 0 Å². The molecule has 0 N–H and O–H groups in total. The molecule has 4 rings (SSSR count). The van der Waals surface area contributed by atoms with E-state index in [0.717, 1.165) is 48.1 Å². The van der Waals surface area contributed by atoms with Crippen molar-refractivity contribution in [3.05, 3.63) is 59.1 Å². The number of anilines is 2. The van der Waals surface area contributed by atoms with Gasteiger partial charge in [0.2, 0.25) is 5.91 Å². The minimum absolute atomic E-state index is 0.210. The first kappa shape index (κ1) is 18.3. The van der Waals surface area contributed by atoms with E-state index in [-0.39, 0.29) is 5.91 Å². The fraction of sp³-hybridized carbons (Fsp3) is 0.409. The predicted molar refractivity (Wildman–Crippen MR) is 112 cm³/mol. The van der Waals surface area contributed by atoms with E-state index >= 15 is 0 Å². The summed E-state index contributed by atoms with van der Waals surface area (Å²) in [5.74, 6) is 0.210. The third-order valence-electron chi connectivity index (χ3n) is 5.53. The molecule has 0 atom stereocenters. The third-order valence-corrected chi connectivity index (χ3v) is 5.90. The molecule has 0 unspecified atom stereocenters. The van der Waals surface area contributed by atoms with Gasteiger partial charge in [0, 0.05) is 24.7 Å². The maximum atomic E-state index is 13.0. The lowest BCUT2D eigenvalue weighted by Gasteiger charge is -2.39. The Hall–Kier alpha value is -2.04. The predicted octanol–water partition coefficient (Wildman–Crippen LogP) is 4.18. The van der Waals surface area contributed by atoms with Gasteiger partial charge in [-0.3, -0.25) is 9.69 Å². The third kappa shape index (κ3) is 4.12. The van der Waals surface area contributed by atoms with Crippen LogP contribution in [0.5, 0.6) is 0 Å². The van der Waals surface area contributed by atoms with Crippen LogP contribution in [0.2, 0.25) is 5.02 Å². The van der Waals surface area contributed by atoms with Crippen LogP contribution < -0.4 is 9.80 Å². The number of likely N-dealkylation sites (tertiary alicyclic amines) is 1. The summed E-state index contributed by atoms with van der Waals surface area (Å²) in [7, 11) is 0. The number of amides is 1. The Morgan fingerprint density at radius 1 is 0.852 bits per heavy atom. The van der Waals surface area contributed by atoms with E-state index in [9.17, 15) is 4.79 Å². The number of rotatable bonds is 4. The van der Waals surface area contributed by atoms with E-state index in [2.05, 4.69) is 28.0 Å². The number of piperidine rings is 1. The molecular weight excluding hydrogens is 358 g/mol. The van der Waals surface area contributed by atoms with E-state index in [1.807, 2.05) is 35.2 Å². The van der Waals surface area contributed by atoms with Gasteiger partial charge in [-0.2, -0.15) is 0 Å². The van der Waals surface area contributed by atoms with E-state index in [1.165, 1.54) is 19.3 Å². The maximum Gasteiger partial charge on any atom is 0.241 e. The first-order valence-electron chi connectivity index (χ1n) is 9.82. The summed E-state index contributed by atoms with van der Waals surface area (Å²) in [6.07, 6.45) is 3.69. The van der Waals surface area contributed by atoms with Crippen molar-refractivity contribution < 1.29 is 4.79 Å². The number of halogens is 1. The van der Waals surface area contributed by atoms with Crippen LogP contribution in [0, 0.1) is 0 Å². The van der Waals surface area contributed by atoms with Crippen LogP contribution in [-0.4, -0.2) is 43.5 Å². The molecule has 0 radical (unpaired) electrons. The number of carbonyl (C=O) groups excluding carboxylic acids is 1. The second-order valence-corrected chi connectivity index (χ2v) is 7.79. The van der Waals surface area contributed by atoms with Crippen molar-refractivity contribution in [2.24, 2.45) is 0 Å². The molecule has 1 amide bonds. The van der Waals surface area contributed by atoms with Gasteiger partial charge < -0.3 is 9.80 Å². The van der Waals surface area contributed by atoms with Crippen LogP contribution in [0.25, 0.3) is 0 Å². The molecule has 27 heavy (non-hydrogen) atoms. The first-order valence-corrected chi connectivity index (χ1v) is 10.2. The van der Waals surface area contributed by atoms with Crippen LogP contribution in [0.1, 0.15) is 24.8 Å². The number of hydrogen-bond donors (Lipinski definition) is 0. The summed E-state index contributed by atoms with van der Waals surface area (Å²) < 4.78 is 0. The van der Waals surface area contributed by atoms with Gasteiger partial charge >= 0.3 is 0 Å². The molecule has 2 aromatic carbocycles. The van der Waals surface area contributed by atoms with Gasteiger partial charge in [0.05, 0.1) is 17.9 Å². The topological polar surface area (TPSA) is 26.8 Å². The SMILES string of the molecule is O=C(CN1CCCCC1)N1CCN(Cc2ccccc2Cl)c2ccccc21. The zero-order valence-electron chi connectivity index (χ0n) is 15.6. The normalized spacial score (nSPS) is 17.7. The van der Waals surface area contributed by atoms with Crippen molar-refractivity contribution in [1.82, 2.24) is 4.90 Å². The number of carbonyl (C=O) groups is 1. The Balaban J connectivity index is 1.52. The average molecular weight is 384 g/mol. The highest BCUT2D eigenvalue weighted by Crippen LogP contribution is 2.34.